The number of hydrogen-bond donors (Lipinski definition) is 1. The van der Waals surface area contributed by atoms with Gasteiger partial charge in [0.15, 0.2) is 0 Å². The summed E-state index contributed by atoms with van der Waals surface area (Å²) in [6.45, 7) is 1.73. The topological polar surface area (TPSA) is 61.9 Å². The number of hydrazine groups is 1. The monoisotopic (exact) mass is 317 g/mol. The highest BCUT2D eigenvalue weighted by molar-refractivity contribution is 5.90. The first-order valence-electron chi connectivity index (χ1n) is 8.13. The molecule has 2 heterocycles. The molecule has 0 radical (unpaired) electrons. The van der Waals surface area contributed by atoms with Crippen molar-refractivity contribution in [3.8, 4) is 0 Å². The van der Waals surface area contributed by atoms with E-state index in [-0.39, 0.29) is 30.3 Å². The molecule has 0 saturated carbocycles. The van der Waals surface area contributed by atoms with Crippen LogP contribution in [0.2, 0.25) is 0 Å². The highest BCUT2D eigenvalue weighted by Gasteiger charge is 2.36. The third kappa shape index (κ3) is 3.64. The van der Waals surface area contributed by atoms with Crippen LogP contribution in [0.5, 0.6) is 0 Å². The Kier molecular flexibility index (Phi) is 4.81. The molecule has 0 aromatic heterocycles. The number of rotatable bonds is 5. The third-order valence-electron chi connectivity index (χ3n) is 4.49. The zero-order valence-corrected chi connectivity index (χ0v) is 13.4. The fraction of sp³-hybridized carbons (Fsp3) is 0.529. The Hall–Kier alpha value is -2.08. The Bertz CT molecular complexity index is 557. The maximum atomic E-state index is 12.3. The van der Waals surface area contributed by atoms with E-state index < -0.39 is 0 Å². The lowest BCUT2D eigenvalue weighted by Crippen LogP contribution is -2.42. The minimum Gasteiger partial charge on any atom is -0.376 e. The molecule has 1 aromatic carbocycles. The van der Waals surface area contributed by atoms with Crippen LogP contribution in [-0.2, 0) is 14.3 Å². The molecule has 2 atom stereocenters. The number of carbonyl (C=O) groups is 2. The molecule has 0 bridgehead atoms. The van der Waals surface area contributed by atoms with Gasteiger partial charge >= 0.3 is 0 Å². The van der Waals surface area contributed by atoms with Crippen LogP contribution in [0.15, 0.2) is 30.3 Å². The number of nitrogens with zero attached hydrogens (tertiary/aromatic N) is 2. The van der Waals surface area contributed by atoms with Crippen LogP contribution in [0.3, 0.4) is 0 Å². The summed E-state index contributed by atoms with van der Waals surface area (Å²) in [6.07, 6.45) is 2.43. The number of carbonyl (C=O) groups excluding carboxylic acids is 2. The van der Waals surface area contributed by atoms with Crippen molar-refractivity contribution >= 4 is 17.5 Å². The first kappa shape index (κ1) is 15.8. The van der Waals surface area contributed by atoms with Gasteiger partial charge in [-0.15, -0.1) is 0 Å². The molecule has 1 N–H and O–H groups in total. The second-order valence-electron chi connectivity index (χ2n) is 6.12. The average Bonchev–Trinajstić information content (AvgIpc) is 3.22. The highest BCUT2D eigenvalue weighted by atomic mass is 16.5. The first-order valence-corrected chi connectivity index (χ1v) is 8.13. The fourth-order valence-electron chi connectivity index (χ4n) is 3.10. The van der Waals surface area contributed by atoms with Crippen molar-refractivity contribution in [1.29, 1.82) is 0 Å². The molecular weight excluding hydrogens is 294 g/mol. The lowest BCUT2D eigenvalue weighted by Gasteiger charge is -2.30. The van der Waals surface area contributed by atoms with Crippen molar-refractivity contribution in [1.82, 2.24) is 10.3 Å². The number of benzene rings is 1. The van der Waals surface area contributed by atoms with E-state index >= 15 is 0 Å². The van der Waals surface area contributed by atoms with E-state index in [1.807, 2.05) is 42.4 Å². The maximum absolute atomic E-state index is 12.3. The largest absolute Gasteiger partial charge is 0.376 e. The van der Waals surface area contributed by atoms with Gasteiger partial charge < -0.3 is 10.1 Å². The van der Waals surface area contributed by atoms with Crippen LogP contribution in [-0.4, -0.2) is 49.7 Å². The van der Waals surface area contributed by atoms with Gasteiger partial charge in [-0.25, -0.2) is 0 Å². The summed E-state index contributed by atoms with van der Waals surface area (Å²) < 4.78 is 5.50. The van der Waals surface area contributed by atoms with Gasteiger partial charge in [0.25, 0.3) is 0 Å². The van der Waals surface area contributed by atoms with Crippen molar-refractivity contribution in [2.24, 2.45) is 5.92 Å². The van der Waals surface area contributed by atoms with Crippen LogP contribution in [0.25, 0.3) is 0 Å². The van der Waals surface area contributed by atoms with E-state index in [0.29, 0.717) is 13.1 Å². The van der Waals surface area contributed by atoms with Gasteiger partial charge in [-0.3, -0.25) is 19.6 Å². The molecule has 2 amide bonds. The van der Waals surface area contributed by atoms with E-state index in [9.17, 15) is 9.59 Å². The lowest BCUT2D eigenvalue weighted by molar-refractivity contribution is -0.129. The molecule has 6 heteroatoms. The zero-order valence-electron chi connectivity index (χ0n) is 13.4. The van der Waals surface area contributed by atoms with Crippen molar-refractivity contribution in [3.05, 3.63) is 30.3 Å². The molecule has 124 valence electrons. The van der Waals surface area contributed by atoms with Crippen molar-refractivity contribution < 1.29 is 14.3 Å². The van der Waals surface area contributed by atoms with Crippen LogP contribution in [0.1, 0.15) is 19.3 Å². The Morgan fingerprint density at radius 3 is 2.87 bits per heavy atom. The van der Waals surface area contributed by atoms with Crippen molar-refractivity contribution in [2.45, 2.75) is 25.4 Å². The molecule has 2 aliphatic rings. The highest BCUT2D eigenvalue weighted by Crippen LogP contribution is 2.23. The second-order valence-corrected chi connectivity index (χ2v) is 6.12. The molecule has 2 saturated heterocycles. The quantitative estimate of drug-likeness (QED) is 0.886. The minimum absolute atomic E-state index is 0.0198. The van der Waals surface area contributed by atoms with Crippen LogP contribution in [0.4, 0.5) is 5.69 Å². The van der Waals surface area contributed by atoms with Crippen LogP contribution < -0.4 is 10.3 Å². The van der Waals surface area contributed by atoms with E-state index in [0.717, 1.165) is 25.1 Å². The molecule has 2 aliphatic heterocycles. The van der Waals surface area contributed by atoms with Gasteiger partial charge in [0, 0.05) is 26.6 Å². The normalized spacial score (nSPS) is 24.0. The molecule has 1 aromatic rings. The Balaban J connectivity index is 1.55. The first-order chi connectivity index (χ1) is 11.1. The summed E-state index contributed by atoms with van der Waals surface area (Å²) in [5.74, 6) is -0.374. The number of anilines is 1. The summed E-state index contributed by atoms with van der Waals surface area (Å²) >= 11 is 0. The second kappa shape index (κ2) is 7.00. The number of para-hydroxylation sites is 1. The third-order valence-corrected chi connectivity index (χ3v) is 4.49. The summed E-state index contributed by atoms with van der Waals surface area (Å²) in [7, 11) is 1.85. The standard InChI is InChI=1S/C17H23N3O3/c1-19(14-6-3-2-4-7-14)20-12-13(10-16(20)21)17(22)18-11-15-8-5-9-23-15/h2-4,6-7,13,15H,5,8-12H2,1H3,(H,18,22). The van der Waals surface area contributed by atoms with Gasteiger partial charge in [-0.05, 0) is 25.0 Å². The molecule has 3 rings (SSSR count). The van der Waals surface area contributed by atoms with Gasteiger partial charge in [0.2, 0.25) is 11.8 Å². The summed E-state index contributed by atoms with van der Waals surface area (Å²) in [4.78, 5) is 24.5. The minimum atomic E-state index is -0.296. The van der Waals surface area contributed by atoms with Gasteiger partial charge in [0.05, 0.1) is 24.3 Å². The average molecular weight is 317 g/mol. The van der Waals surface area contributed by atoms with Gasteiger partial charge in [0.1, 0.15) is 0 Å². The SMILES string of the molecule is CN(c1ccccc1)N1CC(C(=O)NCC2CCCO2)CC1=O. The summed E-state index contributed by atoms with van der Waals surface area (Å²) in [6, 6.07) is 9.68. The van der Waals surface area contributed by atoms with E-state index in [2.05, 4.69) is 5.32 Å². The van der Waals surface area contributed by atoms with Crippen LogP contribution in [0, 0.1) is 5.92 Å². The summed E-state index contributed by atoms with van der Waals surface area (Å²) in [5, 5.41) is 6.38. The Morgan fingerprint density at radius 1 is 1.39 bits per heavy atom. The fourth-order valence-corrected chi connectivity index (χ4v) is 3.10. The van der Waals surface area contributed by atoms with Crippen molar-refractivity contribution in [2.75, 3.05) is 31.8 Å². The molecule has 23 heavy (non-hydrogen) atoms. The Labute approximate surface area is 136 Å². The predicted molar refractivity (Wildman–Crippen MR) is 86.6 cm³/mol. The molecule has 6 nitrogen and oxygen atoms in total. The number of nitrogens with one attached hydrogen (secondary N) is 1. The van der Waals surface area contributed by atoms with E-state index in [4.69, 9.17) is 4.74 Å². The smallest absolute Gasteiger partial charge is 0.241 e. The molecule has 2 unspecified atom stereocenters. The molecule has 2 fully saturated rings. The van der Waals surface area contributed by atoms with Crippen molar-refractivity contribution in [3.63, 3.8) is 0 Å². The van der Waals surface area contributed by atoms with E-state index in [1.165, 1.54) is 0 Å². The number of hydrogen-bond acceptors (Lipinski definition) is 4. The van der Waals surface area contributed by atoms with Gasteiger partial charge in [-0.2, -0.15) is 0 Å². The molecular formula is C17H23N3O3. The van der Waals surface area contributed by atoms with Gasteiger partial charge in [-0.1, -0.05) is 18.2 Å². The molecule has 0 aliphatic carbocycles. The maximum Gasteiger partial charge on any atom is 0.241 e. The Morgan fingerprint density at radius 2 is 2.17 bits per heavy atom. The number of ether oxygens (including phenoxy) is 1. The van der Waals surface area contributed by atoms with E-state index in [1.54, 1.807) is 5.01 Å². The number of amides is 2. The zero-order chi connectivity index (χ0) is 16.2. The summed E-state index contributed by atoms with van der Waals surface area (Å²) in [5.41, 5.74) is 0.932. The predicted octanol–water partition coefficient (Wildman–Crippen LogP) is 1.18. The lowest BCUT2D eigenvalue weighted by atomic mass is 10.1. The van der Waals surface area contributed by atoms with Crippen LogP contribution >= 0.6 is 0 Å². The molecule has 0 spiro atoms.